The van der Waals surface area contributed by atoms with Crippen LogP contribution in [0.5, 0.6) is 5.75 Å². The molecule has 0 aliphatic carbocycles. The lowest BCUT2D eigenvalue weighted by molar-refractivity contribution is -0.117. The third kappa shape index (κ3) is 4.48. The van der Waals surface area contributed by atoms with Gasteiger partial charge in [-0.15, -0.1) is 0 Å². The SMILES string of the molecule is COc1ccc(CCCCNS(=O)(=O)c2ccc3c(c2)CC(=O)N3C)cc1. The maximum atomic E-state index is 12.5. The van der Waals surface area contributed by atoms with Gasteiger partial charge in [0, 0.05) is 19.3 Å². The van der Waals surface area contributed by atoms with Crippen molar-refractivity contribution in [3.8, 4) is 5.75 Å². The van der Waals surface area contributed by atoms with Gasteiger partial charge in [0.25, 0.3) is 0 Å². The average Bonchev–Trinajstić information content (AvgIpc) is 2.95. The van der Waals surface area contributed by atoms with Crippen molar-refractivity contribution in [2.45, 2.75) is 30.6 Å². The number of unbranched alkanes of at least 4 members (excludes halogenated alkanes) is 1. The fourth-order valence-electron chi connectivity index (χ4n) is 3.15. The van der Waals surface area contributed by atoms with Crippen molar-refractivity contribution in [2.24, 2.45) is 0 Å². The monoisotopic (exact) mass is 388 g/mol. The number of likely N-dealkylation sites (N-methyl/N-ethyl adjacent to an activating group) is 1. The molecule has 1 aliphatic heterocycles. The van der Waals surface area contributed by atoms with E-state index in [1.165, 1.54) is 5.56 Å². The molecule has 6 nitrogen and oxygen atoms in total. The second-order valence-corrected chi connectivity index (χ2v) is 8.39. The molecule has 144 valence electrons. The maximum Gasteiger partial charge on any atom is 0.240 e. The van der Waals surface area contributed by atoms with Crippen LogP contribution in [0.3, 0.4) is 0 Å². The van der Waals surface area contributed by atoms with Crippen LogP contribution in [0, 0.1) is 0 Å². The number of ether oxygens (including phenoxy) is 1. The van der Waals surface area contributed by atoms with Gasteiger partial charge in [0.1, 0.15) is 5.75 Å². The fraction of sp³-hybridized carbons (Fsp3) is 0.350. The summed E-state index contributed by atoms with van der Waals surface area (Å²) in [4.78, 5) is 13.5. The van der Waals surface area contributed by atoms with Gasteiger partial charge in [-0.25, -0.2) is 13.1 Å². The molecule has 0 fully saturated rings. The number of sulfonamides is 1. The van der Waals surface area contributed by atoms with Gasteiger partial charge in [-0.3, -0.25) is 4.79 Å². The first kappa shape index (κ1) is 19.4. The Balaban J connectivity index is 1.50. The highest BCUT2D eigenvalue weighted by atomic mass is 32.2. The number of fused-ring (bicyclic) bond motifs is 1. The van der Waals surface area contributed by atoms with Crippen LogP contribution in [-0.2, 0) is 27.7 Å². The Bertz CT molecular complexity index is 923. The first-order valence-corrected chi connectivity index (χ1v) is 10.4. The van der Waals surface area contributed by atoms with Crippen molar-refractivity contribution in [3.63, 3.8) is 0 Å². The lowest BCUT2D eigenvalue weighted by Crippen LogP contribution is -2.25. The third-order valence-electron chi connectivity index (χ3n) is 4.78. The van der Waals surface area contributed by atoms with Gasteiger partial charge in [-0.05, 0) is 60.7 Å². The van der Waals surface area contributed by atoms with Crippen molar-refractivity contribution in [2.75, 3.05) is 25.6 Å². The number of aryl methyl sites for hydroxylation is 1. The molecular weight excluding hydrogens is 364 g/mol. The van der Waals surface area contributed by atoms with E-state index in [1.807, 2.05) is 24.3 Å². The van der Waals surface area contributed by atoms with Crippen LogP contribution in [0.1, 0.15) is 24.0 Å². The first-order valence-electron chi connectivity index (χ1n) is 8.93. The second-order valence-electron chi connectivity index (χ2n) is 6.62. The smallest absolute Gasteiger partial charge is 0.240 e. The number of amides is 1. The van der Waals surface area contributed by atoms with Crippen LogP contribution < -0.4 is 14.4 Å². The molecule has 0 atom stereocenters. The number of benzene rings is 2. The summed E-state index contributed by atoms with van der Waals surface area (Å²) in [6.45, 7) is 0.383. The molecule has 0 radical (unpaired) electrons. The second kappa shape index (κ2) is 8.10. The molecule has 0 spiro atoms. The van der Waals surface area contributed by atoms with Crippen molar-refractivity contribution in [3.05, 3.63) is 53.6 Å². The van der Waals surface area contributed by atoms with Crippen LogP contribution in [0.4, 0.5) is 5.69 Å². The van der Waals surface area contributed by atoms with Crippen molar-refractivity contribution in [1.29, 1.82) is 0 Å². The van der Waals surface area contributed by atoms with Crippen LogP contribution in [-0.4, -0.2) is 35.0 Å². The Labute approximate surface area is 160 Å². The highest BCUT2D eigenvalue weighted by molar-refractivity contribution is 7.89. The zero-order valence-corrected chi connectivity index (χ0v) is 16.4. The highest BCUT2D eigenvalue weighted by Crippen LogP contribution is 2.29. The minimum atomic E-state index is -3.57. The maximum absolute atomic E-state index is 12.5. The summed E-state index contributed by atoms with van der Waals surface area (Å²) in [5.74, 6) is 0.805. The van der Waals surface area contributed by atoms with Crippen LogP contribution in [0.25, 0.3) is 0 Å². The summed E-state index contributed by atoms with van der Waals surface area (Å²) in [5, 5.41) is 0. The van der Waals surface area contributed by atoms with E-state index in [-0.39, 0.29) is 17.2 Å². The molecule has 0 saturated heterocycles. The summed E-state index contributed by atoms with van der Waals surface area (Å²) in [6, 6.07) is 12.7. The number of hydrogen-bond acceptors (Lipinski definition) is 4. The molecule has 7 heteroatoms. The Kier molecular flexibility index (Phi) is 5.82. The normalized spacial score (nSPS) is 13.7. The molecule has 0 unspecified atom stereocenters. The van der Waals surface area contributed by atoms with Crippen molar-refractivity contribution < 1.29 is 17.9 Å². The zero-order chi connectivity index (χ0) is 19.4. The molecule has 1 heterocycles. The Hall–Kier alpha value is -2.38. The Morgan fingerprint density at radius 1 is 1.11 bits per heavy atom. The number of carbonyl (C=O) groups excluding carboxylic acids is 1. The summed E-state index contributed by atoms with van der Waals surface area (Å²) in [7, 11) is -0.232. The van der Waals surface area contributed by atoms with E-state index in [0.717, 1.165) is 36.3 Å². The molecule has 27 heavy (non-hydrogen) atoms. The fourth-order valence-corrected chi connectivity index (χ4v) is 4.27. The molecule has 1 aliphatic rings. The van der Waals surface area contributed by atoms with E-state index in [4.69, 9.17) is 4.74 Å². The lowest BCUT2D eigenvalue weighted by atomic mass is 10.1. The first-order chi connectivity index (χ1) is 12.9. The number of methoxy groups -OCH3 is 1. The van der Waals surface area contributed by atoms with E-state index < -0.39 is 10.0 Å². The molecular formula is C20H24N2O4S. The summed E-state index contributed by atoms with van der Waals surface area (Å²) in [6.07, 6.45) is 2.77. The third-order valence-corrected chi connectivity index (χ3v) is 6.24. The van der Waals surface area contributed by atoms with E-state index in [9.17, 15) is 13.2 Å². The number of nitrogens with one attached hydrogen (secondary N) is 1. The Morgan fingerprint density at radius 2 is 1.85 bits per heavy atom. The van der Waals surface area contributed by atoms with Crippen LogP contribution >= 0.6 is 0 Å². The average molecular weight is 388 g/mol. The predicted octanol–water partition coefficient (Wildman–Crippen LogP) is 2.52. The molecule has 3 rings (SSSR count). The summed E-state index contributed by atoms with van der Waals surface area (Å²) >= 11 is 0. The summed E-state index contributed by atoms with van der Waals surface area (Å²) < 4.78 is 32.7. The number of hydrogen-bond donors (Lipinski definition) is 1. The molecule has 0 aromatic heterocycles. The van der Waals surface area contributed by atoms with E-state index in [0.29, 0.717) is 6.54 Å². The lowest BCUT2D eigenvalue weighted by Gasteiger charge is -2.11. The van der Waals surface area contributed by atoms with Gasteiger partial charge in [0.2, 0.25) is 15.9 Å². The number of nitrogens with zero attached hydrogens (tertiary/aromatic N) is 1. The van der Waals surface area contributed by atoms with Gasteiger partial charge in [-0.2, -0.15) is 0 Å². The zero-order valence-electron chi connectivity index (χ0n) is 15.6. The van der Waals surface area contributed by atoms with Crippen molar-refractivity contribution in [1.82, 2.24) is 4.72 Å². The van der Waals surface area contributed by atoms with Gasteiger partial charge < -0.3 is 9.64 Å². The minimum Gasteiger partial charge on any atom is -0.497 e. The van der Waals surface area contributed by atoms with Gasteiger partial charge >= 0.3 is 0 Å². The predicted molar refractivity (Wildman–Crippen MR) is 105 cm³/mol. The molecule has 0 bridgehead atoms. The van der Waals surface area contributed by atoms with Gasteiger partial charge in [-0.1, -0.05) is 12.1 Å². The van der Waals surface area contributed by atoms with E-state index >= 15 is 0 Å². The standard InChI is InChI=1S/C20H24N2O4S/c1-22-19-11-10-18(13-16(19)14-20(22)23)27(24,25)21-12-4-3-5-15-6-8-17(26-2)9-7-15/h6-11,13,21H,3-5,12,14H2,1-2H3. The topological polar surface area (TPSA) is 75.7 Å². The van der Waals surface area contributed by atoms with E-state index in [1.54, 1.807) is 37.3 Å². The molecule has 2 aromatic carbocycles. The van der Waals surface area contributed by atoms with Crippen LogP contribution in [0.15, 0.2) is 47.4 Å². The van der Waals surface area contributed by atoms with Crippen LogP contribution in [0.2, 0.25) is 0 Å². The Morgan fingerprint density at radius 3 is 2.56 bits per heavy atom. The molecule has 0 saturated carbocycles. The van der Waals surface area contributed by atoms with Crippen molar-refractivity contribution >= 4 is 21.6 Å². The summed E-state index contributed by atoms with van der Waals surface area (Å²) in [5.41, 5.74) is 2.73. The number of anilines is 1. The highest BCUT2D eigenvalue weighted by Gasteiger charge is 2.26. The minimum absolute atomic E-state index is 0.0222. The largest absolute Gasteiger partial charge is 0.497 e. The van der Waals surface area contributed by atoms with Gasteiger partial charge in [0.05, 0.1) is 18.4 Å². The molecule has 2 aromatic rings. The molecule has 1 N–H and O–H groups in total. The number of carbonyl (C=O) groups is 1. The number of rotatable bonds is 8. The molecule has 1 amide bonds. The van der Waals surface area contributed by atoms with Gasteiger partial charge in [0.15, 0.2) is 0 Å². The van der Waals surface area contributed by atoms with E-state index in [2.05, 4.69) is 4.72 Å². The quantitative estimate of drug-likeness (QED) is 0.705.